The van der Waals surface area contributed by atoms with Crippen LogP contribution in [-0.4, -0.2) is 41.9 Å². The summed E-state index contributed by atoms with van der Waals surface area (Å²) in [5, 5.41) is 12.2. The molecule has 2 atom stereocenters. The van der Waals surface area contributed by atoms with Gasteiger partial charge in [0.25, 0.3) is 11.8 Å². The van der Waals surface area contributed by atoms with Gasteiger partial charge >= 0.3 is 5.97 Å². The molecule has 0 bridgehead atoms. The van der Waals surface area contributed by atoms with Crippen LogP contribution in [0.1, 0.15) is 39.2 Å². The Labute approximate surface area is 152 Å². The van der Waals surface area contributed by atoms with Gasteiger partial charge in [-0.3, -0.25) is 14.4 Å². The van der Waals surface area contributed by atoms with Gasteiger partial charge in [0.05, 0.1) is 12.0 Å². The van der Waals surface area contributed by atoms with Crippen LogP contribution in [0, 0.1) is 5.92 Å². The molecule has 2 aromatic rings. The fraction of sp³-hybridized carbons (Fsp3) is 0.250. The minimum atomic E-state index is -1.00. The van der Waals surface area contributed by atoms with E-state index in [0.717, 1.165) is 0 Å². The first kappa shape index (κ1) is 19.2. The van der Waals surface area contributed by atoms with E-state index in [4.69, 9.17) is 0 Å². The summed E-state index contributed by atoms with van der Waals surface area (Å²) in [5.74, 6) is -2.46. The zero-order chi connectivity index (χ0) is 19.3. The smallest absolute Gasteiger partial charge is 0.308 e. The summed E-state index contributed by atoms with van der Waals surface area (Å²) < 4.78 is 0. The van der Waals surface area contributed by atoms with E-state index in [1.807, 2.05) is 6.07 Å². The van der Waals surface area contributed by atoms with Crippen LogP contribution in [0.25, 0.3) is 0 Å². The summed E-state index contributed by atoms with van der Waals surface area (Å²) >= 11 is 0. The number of carbonyl (C=O) groups excluding carboxylic acids is 2. The van der Waals surface area contributed by atoms with Crippen LogP contribution < -0.4 is 5.32 Å². The third kappa shape index (κ3) is 4.47. The Kier molecular flexibility index (Phi) is 6.11. The number of nitrogens with zero attached hydrogens (tertiary/aromatic N) is 1. The average Bonchev–Trinajstić information content (AvgIpc) is 2.65. The minimum Gasteiger partial charge on any atom is -0.481 e. The number of carboxylic acids is 1. The Hall–Kier alpha value is -3.15. The molecule has 0 spiro atoms. The van der Waals surface area contributed by atoms with Crippen LogP contribution in [0.15, 0.2) is 54.6 Å². The fourth-order valence-electron chi connectivity index (χ4n) is 2.58. The predicted octanol–water partition coefficient (Wildman–Crippen LogP) is 2.58. The van der Waals surface area contributed by atoms with Gasteiger partial charge in [-0.15, -0.1) is 0 Å². The van der Waals surface area contributed by atoms with Crippen molar-refractivity contribution < 1.29 is 19.5 Å². The molecule has 0 aromatic heterocycles. The van der Waals surface area contributed by atoms with Gasteiger partial charge in [-0.1, -0.05) is 36.4 Å². The van der Waals surface area contributed by atoms with Gasteiger partial charge in [-0.25, -0.2) is 0 Å². The average molecular weight is 354 g/mol. The van der Waals surface area contributed by atoms with Crippen molar-refractivity contribution in [2.45, 2.75) is 13.0 Å². The minimum absolute atomic E-state index is 0.210. The van der Waals surface area contributed by atoms with Crippen LogP contribution in [0.4, 0.5) is 0 Å². The van der Waals surface area contributed by atoms with E-state index in [1.54, 1.807) is 63.5 Å². The molecule has 0 aliphatic carbocycles. The lowest BCUT2D eigenvalue weighted by molar-refractivity contribution is -0.142. The van der Waals surface area contributed by atoms with Gasteiger partial charge in [0.2, 0.25) is 0 Å². The topological polar surface area (TPSA) is 86.7 Å². The highest BCUT2D eigenvalue weighted by Gasteiger charge is 2.27. The quantitative estimate of drug-likeness (QED) is 0.835. The lowest BCUT2D eigenvalue weighted by Crippen LogP contribution is -2.35. The normalized spacial score (nSPS) is 12.7. The monoisotopic (exact) mass is 354 g/mol. The number of carboxylic acid groups (broad SMARTS) is 1. The van der Waals surface area contributed by atoms with Crippen LogP contribution in [-0.2, 0) is 4.79 Å². The molecule has 2 rings (SSSR count). The van der Waals surface area contributed by atoms with Crippen molar-refractivity contribution in [3.63, 3.8) is 0 Å². The maximum atomic E-state index is 12.7. The van der Waals surface area contributed by atoms with Gasteiger partial charge in [-0.2, -0.15) is 0 Å². The van der Waals surface area contributed by atoms with E-state index < -0.39 is 23.8 Å². The molecule has 2 unspecified atom stereocenters. The number of hydrogen-bond acceptors (Lipinski definition) is 3. The zero-order valence-electron chi connectivity index (χ0n) is 15.0. The molecule has 0 heterocycles. The van der Waals surface area contributed by atoms with Crippen molar-refractivity contribution in [1.29, 1.82) is 0 Å². The zero-order valence-corrected chi connectivity index (χ0v) is 15.0. The molecular formula is C20H22N2O4. The van der Waals surface area contributed by atoms with E-state index in [1.165, 1.54) is 11.0 Å². The van der Waals surface area contributed by atoms with E-state index in [9.17, 15) is 19.5 Å². The maximum absolute atomic E-state index is 12.7. The van der Waals surface area contributed by atoms with Gasteiger partial charge in [0.15, 0.2) is 0 Å². The summed E-state index contributed by atoms with van der Waals surface area (Å²) in [4.78, 5) is 37.6. The highest BCUT2D eigenvalue weighted by molar-refractivity contribution is 5.99. The first-order chi connectivity index (χ1) is 12.3. The van der Waals surface area contributed by atoms with Crippen LogP contribution in [0.5, 0.6) is 0 Å². The van der Waals surface area contributed by atoms with Gasteiger partial charge in [0, 0.05) is 25.2 Å². The van der Waals surface area contributed by atoms with Crippen molar-refractivity contribution >= 4 is 17.8 Å². The molecule has 2 amide bonds. The van der Waals surface area contributed by atoms with Crippen molar-refractivity contribution in [2.75, 3.05) is 14.1 Å². The first-order valence-electron chi connectivity index (χ1n) is 8.21. The summed E-state index contributed by atoms with van der Waals surface area (Å²) in [6, 6.07) is 14.6. The summed E-state index contributed by atoms with van der Waals surface area (Å²) in [6.45, 7) is 1.55. The number of carbonyl (C=O) groups is 3. The van der Waals surface area contributed by atoms with Crippen LogP contribution in [0.2, 0.25) is 0 Å². The molecule has 0 fully saturated rings. The molecular weight excluding hydrogens is 332 g/mol. The van der Waals surface area contributed by atoms with Gasteiger partial charge in [-0.05, 0) is 30.7 Å². The Morgan fingerprint density at radius 2 is 1.58 bits per heavy atom. The standard InChI is InChI=1S/C20H22N2O4/c1-13(20(25)26)17(14-8-5-4-6-9-14)21-18(23)15-10-7-11-16(12-15)19(24)22(2)3/h4-13,17H,1-3H3,(H,21,23)(H,25,26). The third-order valence-electron chi connectivity index (χ3n) is 4.11. The van der Waals surface area contributed by atoms with Crippen LogP contribution >= 0.6 is 0 Å². The van der Waals surface area contributed by atoms with Crippen molar-refractivity contribution in [1.82, 2.24) is 10.2 Å². The van der Waals surface area contributed by atoms with E-state index in [-0.39, 0.29) is 5.91 Å². The fourth-order valence-corrected chi connectivity index (χ4v) is 2.58. The molecule has 26 heavy (non-hydrogen) atoms. The Morgan fingerprint density at radius 3 is 2.15 bits per heavy atom. The number of amides is 2. The third-order valence-corrected chi connectivity index (χ3v) is 4.11. The molecule has 0 saturated carbocycles. The summed E-state index contributed by atoms with van der Waals surface area (Å²) in [5.41, 5.74) is 1.40. The Bertz CT molecular complexity index is 802. The number of rotatable bonds is 6. The summed E-state index contributed by atoms with van der Waals surface area (Å²) in [7, 11) is 3.27. The molecule has 0 aliphatic heterocycles. The SMILES string of the molecule is CC(C(=O)O)C(NC(=O)c1cccc(C(=O)N(C)C)c1)c1ccccc1. The number of benzene rings is 2. The second-order valence-electron chi connectivity index (χ2n) is 6.27. The molecule has 136 valence electrons. The predicted molar refractivity (Wildman–Crippen MR) is 97.9 cm³/mol. The van der Waals surface area contributed by atoms with Gasteiger partial charge < -0.3 is 15.3 Å². The van der Waals surface area contributed by atoms with E-state index >= 15 is 0 Å². The van der Waals surface area contributed by atoms with E-state index in [0.29, 0.717) is 16.7 Å². The number of nitrogens with one attached hydrogen (secondary N) is 1. The highest BCUT2D eigenvalue weighted by Crippen LogP contribution is 2.23. The molecule has 6 heteroatoms. The van der Waals surface area contributed by atoms with Crippen molar-refractivity contribution in [3.8, 4) is 0 Å². The van der Waals surface area contributed by atoms with Crippen LogP contribution in [0.3, 0.4) is 0 Å². The lowest BCUT2D eigenvalue weighted by atomic mass is 9.94. The number of hydrogen-bond donors (Lipinski definition) is 2. The van der Waals surface area contributed by atoms with Crippen molar-refractivity contribution in [3.05, 3.63) is 71.3 Å². The Morgan fingerprint density at radius 1 is 0.962 bits per heavy atom. The molecule has 2 aromatic carbocycles. The van der Waals surface area contributed by atoms with E-state index in [2.05, 4.69) is 5.32 Å². The largest absolute Gasteiger partial charge is 0.481 e. The number of aliphatic carboxylic acids is 1. The molecule has 0 aliphatic rings. The van der Waals surface area contributed by atoms with Crippen molar-refractivity contribution in [2.24, 2.45) is 5.92 Å². The molecule has 0 saturated heterocycles. The molecule has 2 N–H and O–H groups in total. The van der Waals surface area contributed by atoms with Gasteiger partial charge in [0.1, 0.15) is 0 Å². The maximum Gasteiger partial charge on any atom is 0.308 e. The molecule has 6 nitrogen and oxygen atoms in total. The molecule has 0 radical (unpaired) electrons. The second-order valence-corrected chi connectivity index (χ2v) is 6.27. The lowest BCUT2D eigenvalue weighted by Gasteiger charge is -2.23. The Balaban J connectivity index is 2.29. The first-order valence-corrected chi connectivity index (χ1v) is 8.21. The highest BCUT2D eigenvalue weighted by atomic mass is 16.4. The summed E-state index contributed by atoms with van der Waals surface area (Å²) in [6.07, 6.45) is 0. The second kappa shape index (κ2) is 8.29.